The number of amides is 3. The second kappa shape index (κ2) is 9.60. The molecule has 0 aromatic heterocycles. The fraction of sp³-hybridized carbons (Fsp3) is 0.529. The molecule has 1 aliphatic heterocycles. The third kappa shape index (κ3) is 5.88. The van der Waals surface area contributed by atoms with Crippen LogP contribution in [0.4, 0.5) is 10.5 Å². The van der Waals surface area contributed by atoms with Crippen molar-refractivity contribution in [1.82, 2.24) is 9.80 Å². The lowest BCUT2D eigenvalue weighted by Crippen LogP contribution is -2.50. The van der Waals surface area contributed by atoms with Crippen LogP contribution < -0.4 is 11.1 Å². The summed E-state index contributed by atoms with van der Waals surface area (Å²) in [5.74, 6) is -0.595. The molecular formula is C17H25ClN4O3. The van der Waals surface area contributed by atoms with Crippen molar-refractivity contribution in [3.05, 3.63) is 28.8 Å². The monoisotopic (exact) mass is 368 g/mol. The zero-order valence-corrected chi connectivity index (χ0v) is 15.2. The molecule has 8 heteroatoms. The topological polar surface area (TPSA) is 87.9 Å². The van der Waals surface area contributed by atoms with Gasteiger partial charge in [0.1, 0.15) is 0 Å². The van der Waals surface area contributed by atoms with Gasteiger partial charge in [-0.15, -0.1) is 0 Å². The van der Waals surface area contributed by atoms with Gasteiger partial charge in [0.2, 0.25) is 5.91 Å². The molecule has 138 valence electrons. The quantitative estimate of drug-likeness (QED) is 0.721. The maximum Gasteiger partial charge on any atom is 0.321 e. The highest BCUT2D eigenvalue weighted by Gasteiger charge is 2.21. The van der Waals surface area contributed by atoms with Crippen LogP contribution in [0, 0.1) is 0 Å². The standard InChI is InChI=1S/C17H25ClN4O3/c1-2-10-25-11-9-21-5-7-22(8-6-21)17(24)20-13-3-4-14(16(19)23)15(18)12-13/h3-4,12H,2,5-11H2,1H3,(H2,19,23)(H,20,24). The number of halogens is 1. The Morgan fingerprint density at radius 1 is 1.24 bits per heavy atom. The van der Waals surface area contributed by atoms with Crippen molar-refractivity contribution in [2.75, 3.05) is 51.3 Å². The molecule has 0 saturated carbocycles. The molecule has 0 spiro atoms. The number of urea groups is 1. The third-order valence-electron chi connectivity index (χ3n) is 4.05. The van der Waals surface area contributed by atoms with E-state index in [4.69, 9.17) is 22.1 Å². The number of carbonyl (C=O) groups is 2. The average Bonchev–Trinajstić information content (AvgIpc) is 2.59. The minimum Gasteiger partial charge on any atom is -0.380 e. The molecule has 1 aromatic rings. The number of hydrogen-bond donors (Lipinski definition) is 2. The number of nitrogens with zero attached hydrogens (tertiary/aromatic N) is 2. The maximum atomic E-state index is 12.3. The molecule has 1 fully saturated rings. The molecule has 0 aliphatic carbocycles. The molecule has 0 radical (unpaired) electrons. The van der Waals surface area contributed by atoms with Crippen molar-refractivity contribution in [2.24, 2.45) is 5.73 Å². The lowest BCUT2D eigenvalue weighted by molar-refractivity contribution is 0.0841. The second-order valence-electron chi connectivity index (χ2n) is 5.93. The summed E-state index contributed by atoms with van der Waals surface area (Å²) >= 11 is 6.00. The number of benzene rings is 1. The van der Waals surface area contributed by atoms with E-state index in [1.54, 1.807) is 11.0 Å². The van der Waals surface area contributed by atoms with Crippen molar-refractivity contribution in [1.29, 1.82) is 0 Å². The number of ether oxygens (including phenoxy) is 1. The van der Waals surface area contributed by atoms with Crippen LogP contribution >= 0.6 is 11.6 Å². The van der Waals surface area contributed by atoms with Crippen LogP contribution in [0.15, 0.2) is 18.2 Å². The Morgan fingerprint density at radius 2 is 1.96 bits per heavy atom. The molecule has 1 saturated heterocycles. The zero-order valence-electron chi connectivity index (χ0n) is 14.5. The Balaban J connectivity index is 1.79. The molecule has 1 aromatic carbocycles. The van der Waals surface area contributed by atoms with E-state index in [0.29, 0.717) is 18.8 Å². The van der Waals surface area contributed by atoms with E-state index in [0.717, 1.165) is 39.3 Å². The second-order valence-corrected chi connectivity index (χ2v) is 6.34. The molecule has 7 nitrogen and oxygen atoms in total. The van der Waals surface area contributed by atoms with Gasteiger partial charge in [0.05, 0.1) is 17.2 Å². The van der Waals surface area contributed by atoms with Crippen molar-refractivity contribution < 1.29 is 14.3 Å². The van der Waals surface area contributed by atoms with E-state index in [1.807, 2.05) is 0 Å². The zero-order chi connectivity index (χ0) is 18.2. The molecular weight excluding hydrogens is 344 g/mol. The maximum absolute atomic E-state index is 12.3. The van der Waals surface area contributed by atoms with Crippen LogP contribution in [0.3, 0.4) is 0 Å². The van der Waals surface area contributed by atoms with Gasteiger partial charge in [-0.25, -0.2) is 4.79 Å². The van der Waals surface area contributed by atoms with Crippen molar-refractivity contribution in [3.63, 3.8) is 0 Å². The van der Waals surface area contributed by atoms with Gasteiger partial charge in [0.25, 0.3) is 0 Å². The summed E-state index contributed by atoms with van der Waals surface area (Å²) in [5, 5.41) is 3.02. The minimum atomic E-state index is -0.595. The lowest BCUT2D eigenvalue weighted by atomic mass is 10.2. The molecule has 1 aliphatic rings. The first kappa shape index (κ1) is 19.5. The van der Waals surface area contributed by atoms with Gasteiger partial charge in [0, 0.05) is 45.0 Å². The van der Waals surface area contributed by atoms with Crippen LogP contribution in [0.2, 0.25) is 5.02 Å². The van der Waals surface area contributed by atoms with Crippen molar-refractivity contribution in [2.45, 2.75) is 13.3 Å². The molecule has 0 bridgehead atoms. The van der Waals surface area contributed by atoms with Gasteiger partial charge in [0.15, 0.2) is 0 Å². The number of piperazine rings is 1. The Morgan fingerprint density at radius 3 is 2.56 bits per heavy atom. The summed E-state index contributed by atoms with van der Waals surface area (Å²) in [6.07, 6.45) is 1.03. The van der Waals surface area contributed by atoms with Gasteiger partial charge >= 0.3 is 6.03 Å². The molecule has 3 amide bonds. The SMILES string of the molecule is CCCOCCN1CCN(C(=O)Nc2ccc(C(N)=O)c(Cl)c2)CC1. The number of rotatable bonds is 7. The highest BCUT2D eigenvalue weighted by Crippen LogP contribution is 2.21. The third-order valence-corrected chi connectivity index (χ3v) is 4.36. The fourth-order valence-electron chi connectivity index (χ4n) is 2.61. The fourth-order valence-corrected chi connectivity index (χ4v) is 2.88. The summed E-state index contributed by atoms with van der Waals surface area (Å²) in [6.45, 7) is 7.46. The first-order valence-electron chi connectivity index (χ1n) is 8.46. The summed E-state index contributed by atoms with van der Waals surface area (Å²) < 4.78 is 5.50. The number of anilines is 1. The highest BCUT2D eigenvalue weighted by molar-refractivity contribution is 6.34. The number of nitrogens with one attached hydrogen (secondary N) is 1. The Labute approximate surface area is 153 Å². The van der Waals surface area contributed by atoms with Crippen LogP contribution in [-0.2, 0) is 4.74 Å². The highest BCUT2D eigenvalue weighted by atomic mass is 35.5. The lowest BCUT2D eigenvalue weighted by Gasteiger charge is -2.34. The van der Waals surface area contributed by atoms with Gasteiger partial charge in [-0.05, 0) is 24.6 Å². The summed E-state index contributed by atoms with van der Waals surface area (Å²) in [7, 11) is 0. The predicted molar refractivity (Wildman–Crippen MR) is 98.1 cm³/mol. The molecule has 2 rings (SSSR count). The molecule has 1 heterocycles. The van der Waals surface area contributed by atoms with E-state index in [1.165, 1.54) is 12.1 Å². The van der Waals surface area contributed by atoms with Crippen LogP contribution in [0.1, 0.15) is 23.7 Å². The number of primary amides is 1. The largest absolute Gasteiger partial charge is 0.380 e. The van der Waals surface area contributed by atoms with Crippen molar-refractivity contribution >= 4 is 29.2 Å². The van der Waals surface area contributed by atoms with Gasteiger partial charge in [-0.2, -0.15) is 0 Å². The Kier molecular flexibility index (Phi) is 7.49. The van der Waals surface area contributed by atoms with Crippen LogP contribution in [0.25, 0.3) is 0 Å². The molecule has 3 N–H and O–H groups in total. The van der Waals surface area contributed by atoms with E-state index in [9.17, 15) is 9.59 Å². The van der Waals surface area contributed by atoms with E-state index < -0.39 is 5.91 Å². The minimum absolute atomic E-state index is 0.176. The van der Waals surface area contributed by atoms with Gasteiger partial charge in [-0.3, -0.25) is 9.69 Å². The van der Waals surface area contributed by atoms with Gasteiger partial charge < -0.3 is 20.7 Å². The molecule has 0 atom stereocenters. The smallest absolute Gasteiger partial charge is 0.321 e. The average molecular weight is 369 g/mol. The Hall–Kier alpha value is -1.83. The first-order valence-corrected chi connectivity index (χ1v) is 8.84. The summed E-state index contributed by atoms with van der Waals surface area (Å²) in [4.78, 5) is 27.6. The van der Waals surface area contributed by atoms with E-state index in [2.05, 4.69) is 17.1 Å². The van der Waals surface area contributed by atoms with Crippen LogP contribution in [0.5, 0.6) is 0 Å². The Bertz CT molecular complexity index is 604. The normalized spacial score (nSPS) is 15.2. The summed E-state index contributed by atoms with van der Waals surface area (Å²) in [5.41, 5.74) is 5.99. The predicted octanol–water partition coefficient (Wildman–Crippen LogP) is 2.02. The van der Waals surface area contributed by atoms with Crippen LogP contribution in [-0.4, -0.2) is 67.7 Å². The van der Waals surface area contributed by atoms with E-state index in [-0.39, 0.29) is 16.6 Å². The molecule has 0 unspecified atom stereocenters. The molecule has 25 heavy (non-hydrogen) atoms. The number of hydrogen-bond acceptors (Lipinski definition) is 4. The number of carbonyl (C=O) groups excluding carboxylic acids is 2. The van der Waals surface area contributed by atoms with Gasteiger partial charge in [-0.1, -0.05) is 18.5 Å². The van der Waals surface area contributed by atoms with Crippen molar-refractivity contribution in [3.8, 4) is 0 Å². The van der Waals surface area contributed by atoms with E-state index >= 15 is 0 Å². The summed E-state index contributed by atoms with van der Waals surface area (Å²) in [6, 6.07) is 4.48. The number of nitrogens with two attached hydrogens (primary N) is 1. The first-order chi connectivity index (χ1) is 12.0.